The highest BCUT2D eigenvalue weighted by Crippen LogP contribution is 2.24. The van der Waals surface area contributed by atoms with E-state index in [0.29, 0.717) is 16.7 Å². The van der Waals surface area contributed by atoms with Gasteiger partial charge in [0.25, 0.3) is 0 Å². The second-order valence-electron chi connectivity index (χ2n) is 4.81. The topological polar surface area (TPSA) is 55.0 Å². The van der Waals surface area contributed by atoms with Gasteiger partial charge in [-0.05, 0) is 38.7 Å². The van der Waals surface area contributed by atoms with Crippen molar-refractivity contribution in [3.63, 3.8) is 0 Å². The van der Waals surface area contributed by atoms with E-state index in [4.69, 9.17) is 18.0 Å². The van der Waals surface area contributed by atoms with Gasteiger partial charge >= 0.3 is 0 Å². The Balaban J connectivity index is 2.33. The lowest BCUT2D eigenvalue weighted by Crippen LogP contribution is -2.40. The Morgan fingerprint density at radius 2 is 2.28 bits per heavy atom. The average molecular weight is 264 g/mol. The number of hydrogen-bond donors (Lipinski definition) is 1. The van der Waals surface area contributed by atoms with Crippen molar-refractivity contribution in [1.29, 1.82) is 0 Å². The molecule has 0 radical (unpaired) electrons. The minimum Gasteiger partial charge on any atom is -0.388 e. The zero-order valence-electron chi connectivity index (χ0n) is 11.0. The molecule has 0 aliphatic carbocycles. The second-order valence-corrected chi connectivity index (χ2v) is 5.25. The van der Waals surface area contributed by atoms with Crippen LogP contribution < -0.4 is 10.6 Å². The van der Waals surface area contributed by atoms with Crippen LogP contribution in [0.5, 0.6) is 0 Å². The van der Waals surface area contributed by atoms with Gasteiger partial charge in [0.1, 0.15) is 10.7 Å². The van der Waals surface area contributed by atoms with Crippen molar-refractivity contribution in [1.82, 2.24) is 9.97 Å². The van der Waals surface area contributed by atoms with Crippen LogP contribution in [-0.4, -0.2) is 27.5 Å². The van der Waals surface area contributed by atoms with Crippen molar-refractivity contribution >= 4 is 23.2 Å². The molecule has 0 spiro atoms. The highest BCUT2D eigenvalue weighted by Gasteiger charge is 2.23. The maximum Gasteiger partial charge on any atom is 0.226 e. The van der Waals surface area contributed by atoms with E-state index in [1.807, 2.05) is 13.0 Å². The van der Waals surface area contributed by atoms with E-state index < -0.39 is 0 Å². The van der Waals surface area contributed by atoms with Crippen LogP contribution in [0, 0.1) is 6.92 Å². The number of aromatic nitrogens is 2. The molecular weight excluding hydrogens is 244 g/mol. The zero-order valence-corrected chi connectivity index (χ0v) is 11.8. The van der Waals surface area contributed by atoms with Gasteiger partial charge in [-0.3, -0.25) is 0 Å². The molecule has 1 aliphatic rings. The minimum absolute atomic E-state index is 0.340. The second kappa shape index (κ2) is 5.61. The molecule has 0 amide bonds. The van der Waals surface area contributed by atoms with Gasteiger partial charge in [0, 0.05) is 18.3 Å². The molecule has 1 aromatic heterocycles. The normalized spacial score (nSPS) is 19.9. The lowest BCUT2D eigenvalue weighted by atomic mass is 10.0. The first-order valence-corrected chi connectivity index (χ1v) is 6.94. The molecular formula is C13H20N4S. The molecule has 2 N–H and O–H groups in total. The van der Waals surface area contributed by atoms with E-state index in [1.165, 1.54) is 19.3 Å². The Hall–Kier alpha value is -1.23. The van der Waals surface area contributed by atoms with E-state index >= 15 is 0 Å². The smallest absolute Gasteiger partial charge is 0.226 e. The van der Waals surface area contributed by atoms with Gasteiger partial charge in [0.05, 0.1) is 0 Å². The summed E-state index contributed by atoms with van der Waals surface area (Å²) in [7, 11) is 0. The highest BCUT2D eigenvalue weighted by atomic mass is 32.1. The lowest BCUT2D eigenvalue weighted by molar-refractivity contribution is 0.443. The molecule has 2 heterocycles. The van der Waals surface area contributed by atoms with E-state index in [1.54, 1.807) is 0 Å². The fraction of sp³-hybridized carbons (Fsp3) is 0.615. The van der Waals surface area contributed by atoms with Gasteiger partial charge in [-0.15, -0.1) is 0 Å². The Labute approximate surface area is 114 Å². The van der Waals surface area contributed by atoms with E-state index in [0.717, 1.165) is 24.6 Å². The van der Waals surface area contributed by atoms with E-state index in [9.17, 15) is 0 Å². The first-order valence-electron chi connectivity index (χ1n) is 6.54. The predicted octanol–water partition coefficient (Wildman–Crippen LogP) is 2.19. The van der Waals surface area contributed by atoms with Crippen molar-refractivity contribution < 1.29 is 0 Å². The molecule has 5 heteroatoms. The fourth-order valence-electron chi connectivity index (χ4n) is 2.50. The van der Waals surface area contributed by atoms with Gasteiger partial charge in [0.2, 0.25) is 5.95 Å². The number of anilines is 1. The summed E-state index contributed by atoms with van der Waals surface area (Å²) in [6.07, 6.45) is 4.84. The molecule has 4 nitrogen and oxygen atoms in total. The van der Waals surface area contributed by atoms with Gasteiger partial charge in [-0.1, -0.05) is 19.1 Å². The molecule has 1 unspecified atom stereocenters. The van der Waals surface area contributed by atoms with Crippen LogP contribution in [0.2, 0.25) is 0 Å². The summed E-state index contributed by atoms with van der Waals surface area (Å²) in [4.78, 5) is 11.7. The summed E-state index contributed by atoms with van der Waals surface area (Å²) in [5.41, 5.74) is 7.26. The maximum atomic E-state index is 5.67. The predicted molar refractivity (Wildman–Crippen MR) is 77.9 cm³/mol. The first-order chi connectivity index (χ1) is 8.61. The molecule has 98 valence electrons. The van der Waals surface area contributed by atoms with Crippen molar-refractivity contribution in [2.24, 2.45) is 5.73 Å². The van der Waals surface area contributed by atoms with Crippen LogP contribution >= 0.6 is 12.2 Å². The van der Waals surface area contributed by atoms with Crippen LogP contribution in [-0.2, 0) is 0 Å². The number of aryl methyl sites for hydroxylation is 1. The molecule has 18 heavy (non-hydrogen) atoms. The van der Waals surface area contributed by atoms with Crippen molar-refractivity contribution in [3.05, 3.63) is 17.5 Å². The average Bonchev–Trinajstić information content (AvgIpc) is 2.38. The van der Waals surface area contributed by atoms with Gasteiger partial charge < -0.3 is 10.6 Å². The van der Waals surface area contributed by atoms with Crippen LogP contribution in [0.1, 0.15) is 44.0 Å². The monoisotopic (exact) mass is 264 g/mol. The number of nitrogens with two attached hydrogens (primary N) is 1. The van der Waals surface area contributed by atoms with Crippen molar-refractivity contribution in [2.45, 2.75) is 45.6 Å². The number of nitrogens with zero attached hydrogens (tertiary/aromatic N) is 3. The summed E-state index contributed by atoms with van der Waals surface area (Å²) >= 11 is 5.01. The van der Waals surface area contributed by atoms with E-state index in [-0.39, 0.29) is 0 Å². The molecule has 1 aliphatic heterocycles. The van der Waals surface area contributed by atoms with Crippen molar-refractivity contribution in [2.75, 3.05) is 11.4 Å². The van der Waals surface area contributed by atoms with Crippen LogP contribution in [0.3, 0.4) is 0 Å². The third-order valence-corrected chi connectivity index (χ3v) is 3.66. The Bertz CT molecular complexity index is 447. The quantitative estimate of drug-likeness (QED) is 0.848. The molecule has 1 fully saturated rings. The summed E-state index contributed by atoms with van der Waals surface area (Å²) in [5.74, 6) is 0.782. The third-order valence-electron chi connectivity index (χ3n) is 3.45. The number of rotatable bonds is 3. The van der Waals surface area contributed by atoms with Crippen LogP contribution in [0.25, 0.3) is 0 Å². The molecule has 1 atom stereocenters. The fourth-order valence-corrected chi connectivity index (χ4v) is 2.60. The van der Waals surface area contributed by atoms with E-state index in [2.05, 4.69) is 21.8 Å². The van der Waals surface area contributed by atoms with Gasteiger partial charge in [-0.2, -0.15) is 0 Å². The molecule has 0 saturated carbocycles. The Kier molecular flexibility index (Phi) is 4.11. The molecule has 0 aromatic carbocycles. The highest BCUT2D eigenvalue weighted by molar-refractivity contribution is 7.80. The standard InChI is InChI=1S/C13H20N4S/c1-3-10-6-4-5-7-17(10)13-15-9(2)8-11(16-13)12(14)18/h8,10H,3-7H2,1-2H3,(H2,14,18). The summed E-state index contributed by atoms with van der Waals surface area (Å²) in [5, 5.41) is 0. The lowest BCUT2D eigenvalue weighted by Gasteiger charge is -2.35. The molecule has 2 rings (SSSR count). The largest absolute Gasteiger partial charge is 0.388 e. The van der Waals surface area contributed by atoms with Gasteiger partial charge in [0.15, 0.2) is 0 Å². The van der Waals surface area contributed by atoms with Crippen LogP contribution in [0.4, 0.5) is 5.95 Å². The van der Waals surface area contributed by atoms with Crippen molar-refractivity contribution in [3.8, 4) is 0 Å². The maximum absolute atomic E-state index is 5.67. The Morgan fingerprint density at radius 1 is 1.50 bits per heavy atom. The number of piperidine rings is 1. The summed E-state index contributed by atoms with van der Waals surface area (Å²) < 4.78 is 0. The summed E-state index contributed by atoms with van der Waals surface area (Å²) in [6, 6.07) is 2.39. The number of thiocarbonyl (C=S) groups is 1. The number of hydrogen-bond acceptors (Lipinski definition) is 4. The molecule has 1 aromatic rings. The Morgan fingerprint density at radius 3 is 2.94 bits per heavy atom. The van der Waals surface area contributed by atoms with Gasteiger partial charge in [-0.25, -0.2) is 9.97 Å². The molecule has 0 bridgehead atoms. The zero-order chi connectivity index (χ0) is 13.1. The third kappa shape index (κ3) is 2.77. The van der Waals surface area contributed by atoms with Crippen LogP contribution in [0.15, 0.2) is 6.07 Å². The summed E-state index contributed by atoms with van der Waals surface area (Å²) in [6.45, 7) is 5.20. The SMILES string of the molecule is CCC1CCCCN1c1nc(C)cc(C(N)=S)n1. The minimum atomic E-state index is 0.340. The first kappa shape index (κ1) is 13.2. The molecule has 1 saturated heterocycles.